The number of ether oxygens (including phenoxy) is 1. The minimum Gasteiger partial charge on any atom is -0.467 e. The smallest absolute Gasteiger partial charge is 0.315 e. The molecule has 2 amide bonds. The standard InChI is InChI=1S/C15H24N2O3/c1-15(2,3)13-11(6-8-20-13)9-16-14(18)17-10-12-5-4-7-19-12/h4-5,7,11,13H,6,8-10H2,1-3H3,(H2,16,17,18)/t11-,13+/m1/s1. The van der Waals surface area contributed by atoms with E-state index in [1.54, 1.807) is 12.3 Å². The largest absolute Gasteiger partial charge is 0.467 e. The Kier molecular flexibility index (Phi) is 4.70. The first-order valence-corrected chi connectivity index (χ1v) is 7.12. The third-order valence-electron chi connectivity index (χ3n) is 3.60. The van der Waals surface area contributed by atoms with Crippen LogP contribution in [0.2, 0.25) is 0 Å². The lowest BCUT2D eigenvalue weighted by atomic mass is 9.81. The molecule has 1 aliphatic heterocycles. The molecule has 20 heavy (non-hydrogen) atoms. The van der Waals surface area contributed by atoms with Crippen LogP contribution in [0.1, 0.15) is 33.0 Å². The van der Waals surface area contributed by atoms with Crippen LogP contribution < -0.4 is 10.6 Å². The molecule has 0 spiro atoms. The Labute approximate surface area is 120 Å². The topological polar surface area (TPSA) is 63.5 Å². The Bertz CT molecular complexity index is 423. The van der Waals surface area contributed by atoms with Crippen LogP contribution >= 0.6 is 0 Å². The van der Waals surface area contributed by atoms with Crippen molar-refractivity contribution in [3.63, 3.8) is 0 Å². The summed E-state index contributed by atoms with van der Waals surface area (Å²) in [5.74, 6) is 1.13. The fourth-order valence-electron chi connectivity index (χ4n) is 2.67. The van der Waals surface area contributed by atoms with Crippen molar-refractivity contribution in [2.75, 3.05) is 13.2 Å². The van der Waals surface area contributed by atoms with Crippen LogP contribution in [0, 0.1) is 11.3 Å². The van der Waals surface area contributed by atoms with Crippen molar-refractivity contribution in [2.24, 2.45) is 11.3 Å². The molecule has 0 saturated carbocycles. The van der Waals surface area contributed by atoms with Crippen molar-refractivity contribution in [3.8, 4) is 0 Å². The summed E-state index contributed by atoms with van der Waals surface area (Å²) in [5.41, 5.74) is 0.105. The second kappa shape index (κ2) is 6.31. The zero-order valence-corrected chi connectivity index (χ0v) is 12.4. The molecule has 5 heteroatoms. The number of rotatable bonds is 4. The summed E-state index contributed by atoms with van der Waals surface area (Å²) in [7, 11) is 0. The van der Waals surface area contributed by atoms with Gasteiger partial charge in [-0.2, -0.15) is 0 Å². The van der Waals surface area contributed by atoms with E-state index in [-0.39, 0.29) is 17.6 Å². The molecule has 2 atom stereocenters. The molecule has 2 rings (SSSR count). The minimum atomic E-state index is -0.166. The van der Waals surface area contributed by atoms with Crippen LogP contribution in [0.5, 0.6) is 0 Å². The van der Waals surface area contributed by atoms with E-state index in [0.717, 1.165) is 18.8 Å². The van der Waals surface area contributed by atoms with Crippen molar-refractivity contribution >= 4 is 6.03 Å². The lowest BCUT2D eigenvalue weighted by Gasteiger charge is -2.31. The van der Waals surface area contributed by atoms with E-state index >= 15 is 0 Å². The molecule has 0 unspecified atom stereocenters. The number of carbonyl (C=O) groups excluding carboxylic acids is 1. The molecule has 1 aliphatic rings. The average molecular weight is 280 g/mol. The van der Waals surface area contributed by atoms with Crippen molar-refractivity contribution < 1.29 is 13.9 Å². The van der Waals surface area contributed by atoms with Gasteiger partial charge >= 0.3 is 6.03 Å². The van der Waals surface area contributed by atoms with Crippen LogP contribution in [0.15, 0.2) is 22.8 Å². The quantitative estimate of drug-likeness (QED) is 0.891. The molecule has 112 valence electrons. The number of amides is 2. The highest BCUT2D eigenvalue weighted by atomic mass is 16.5. The molecule has 1 aromatic heterocycles. The van der Waals surface area contributed by atoms with Crippen molar-refractivity contribution in [1.82, 2.24) is 10.6 Å². The second-order valence-electron chi connectivity index (χ2n) is 6.35. The fourth-order valence-corrected chi connectivity index (χ4v) is 2.67. The molecule has 2 heterocycles. The molecular weight excluding hydrogens is 256 g/mol. The number of urea groups is 1. The highest BCUT2D eigenvalue weighted by Gasteiger charge is 2.37. The summed E-state index contributed by atoms with van der Waals surface area (Å²) in [5, 5.41) is 5.70. The van der Waals surface area contributed by atoms with Gasteiger partial charge in [0.15, 0.2) is 0 Å². The Balaban J connectivity index is 1.73. The van der Waals surface area contributed by atoms with Crippen LogP contribution in [0.25, 0.3) is 0 Å². The summed E-state index contributed by atoms with van der Waals surface area (Å²) in [6.45, 7) is 8.35. The van der Waals surface area contributed by atoms with E-state index in [2.05, 4.69) is 31.4 Å². The summed E-state index contributed by atoms with van der Waals surface area (Å²) < 4.78 is 11.0. The van der Waals surface area contributed by atoms with Gasteiger partial charge in [0, 0.05) is 19.1 Å². The molecule has 1 saturated heterocycles. The van der Waals surface area contributed by atoms with Crippen molar-refractivity contribution in [2.45, 2.75) is 39.8 Å². The molecular formula is C15H24N2O3. The van der Waals surface area contributed by atoms with Gasteiger partial charge in [0.05, 0.1) is 18.9 Å². The second-order valence-corrected chi connectivity index (χ2v) is 6.35. The van der Waals surface area contributed by atoms with Crippen LogP contribution in [-0.4, -0.2) is 25.3 Å². The van der Waals surface area contributed by atoms with Gasteiger partial charge in [-0.1, -0.05) is 20.8 Å². The SMILES string of the molecule is CC(C)(C)[C@H]1OCC[C@@H]1CNC(=O)NCc1ccco1. The van der Waals surface area contributed by atoms with Gasteiger partial charge in [-0.25, -0.2) is 4.79 Å². The Morgan fingerprint density at radius 3 is 2.85 bits per heavy atom. The molecule has 1 fully saturated rings. The predicted octanol–water partition coefficient (Wildman–Crippen LogP) is 2.53. The lowest BCUT2D eigenvalue weighted by molar-refractivity contribution is 0.00774. The molecule has 0 aliphatic carbocycles. The first kappa shape index (κ1) is 14.9. The van der Waals surface area contributed by atoms with Crippen molar-refractivity contribution in [1.29, 1.82) is 0 Å². The normalized spacial score (nSPS) is 22.8. The third kappa shape index (κ3) is 4.00. The first-order valence-electron chi connectivity index (χ1n) is 7.12. The van der Waals surface area contributed by atoms with E-state index in [1.807, 2.05) is 6.07 Å². The predicted molar refractivity (Wildman–Crippen MR) is 76.2 cm³/mol. The molecule has 2 N–H and O–H groups in total. The van der Waals surface area contributed by atoms with Crippen LogP contribution in [0.3, 0.4) is 0 Å². The van der Waals surface area contributed by atoms with Gasteiger partial charge in [-0.15, -0.1) is 0 Å². The maximum Gasteiger partial charge on any atom is 0.315 e. The highest BCUT2D eigenvalue weighted by Crippen LogP contribution is 2.34. The van der Waals surface area contributed by atoms with Crippen LogP contribution in [0.4, 0.5) is 4.79 Å². The maximum absolute atomic E-state index is 11.7. The first-order chi connectivity index (χ1) is 9.47. The van der Waals surface area contributed by atoms with Gasteiger partial charge in [-0.3, -0.25) is 0 Å². The summed E-state index contributed by atoms with van der Waals surface area (Å²) in [6, 6.07) is 3.47. The fraction of sp³-hybridized carbons (Fsp3) is 0.667. The summed E-state index contributed by atoms with van der Waals surface area (Å²) >= 11 is 0. The van der Waals surface area contributed by atoms with Gasteiger partial charge in [0.1, 0.15) is 5.76 Å². The van der Waals surface area contributed by atoms with Gasteiger partial charge in [0.2, 0.25) is 0 Å². The van der Waals surface area contributed by atoms with Gasteiger partial charge in [0.25, 0.3) is 0 Å². The van der Waals surface area contributed by atoms with Crippen LogP contribution in [-0.2, 0) is 11.3 Å². The summed E-state index contributed by atoms with van der Waals surface area (Å²) in [4.78, 5) is 11.7. The maximum atomic E-state index is 11.7. The molecule has 5 nitrogen and oxygen atoms in total. The monoisotopic (exact) mass is 280 g/mol. The van der Waals surface area contributed by atoms with E-state index < -0.39 is 0 Å². The van der Waals surface area contributed by atoms with Gasteiger partial charge < -0.3 is 19.8 Å². The lowest BCUT2D eigenvalue weighted by Crippen LogP contribution is -2.42. The average Bonchev–Trinajstić information content (AvgIpc) is 3.03. The van der Waals surface area contributed by atoms with E-state index in [4.69, 9.17) is 9.15 Å². The Morgan fingerprint density at radius 2 is 2.20 bits per heavy atom. The Morgan fingerprint density at radius 1 is 1.40 bits per heavy atom. The molecule has 0 bridgehead atoms. The van der Waals surface area contributed by atoms with E-state index in [9.17, 15) is 4.79 Å². The summed E-state index contributed by atoms with van der Waals surface area (Å²) in [6.07, 6.45) is 2.80. The molecule has 1 aromatic rings. The number of hydrogen-bond donors (Lipinski definition) is 2. The molecule has 0 radical (unpaired) electrons. The minimum absolute atomic E-state index is 0.105. The molecule has 0 aromatic carbocycles. The van der Waals surface area contributed by atoms with Gasteiger partial charge in [-0.05, 0) is 24.0 Å². The van der Waals surface area contributed by atoms with E-state index in [1.165, 1.54) is 0 Å². The zero-order valence-electron chi connectivity index (χ0n) is 12.4. The van der Waals surface area contributed by atoms with E-state index in [0.29, 0.717) is 19.0 Å². The highest BCUT2D eigenvalue weighted by molar-refractivity contribution is 5.73. The third-order valence-corrected chi connectivity index (χ3v) is 3.60. The number of carbonyl (C=O) groups is 1. The zero-order chi connectivity index (χ0) is 14.6. The number of nitrogens with one attached hydrogen (secondary N) is 2. The number of furan rings is 1. The number of hydrogen-bond acceptors (Lipinski definition) is 3. The Hall–Kier alpha value is -1.49. The van der Waals surface area contributed by atoms with Crippen molar-refractivity contribution in [3.05, 3.63) is 24.2 Å².